The number of esters is 2. The zero-order chi connectivity index (χ0) is 30.9. The summed E-state index contributed by atoms with van der Waals surface area (Å²) < 4.78 is 47.7. The lowest BCUT2D eigenvalue weighted by Gasteiger charge is -2.19. The van der Waals surface area contributed by atoms with Gasteiger partial charge in [0.2, 0.25) is 0 Å². The number of alkyl carbamates (subject to hydrolysis) is 1. The SMILES string of the molecule is CC(=O)OCc1ccc(OC(=O)CCOCCOCCOCCOCCOCCOCCNC(=O)OC(C)(C)C)cc1. The second-order valence-electron chi connectivity index (χ2n) is 9.75. The van der Waals surface area contributed by atoms with Crippen LogP contribution in [-0.2, 0) is 54.1 Å². The quantitative estimate of drug-likeness (QED) is 0.106. The summed E-state index contributed by atoms with van der Waals surface area (Å²) in [7, 11) is 0. The maximum absolute atomic E-state index is 11.9. The third-order valence-electron chi connectivity index (χ3n) is 4.82. The number of hydrogen-bond donors (Lipinski definition) is 1. The van der Waals surface area contributed by atoms with Crippen LogP contribution in [0.2, 0.25) is 0 Å². The van der Waals surface area contributed by atoms with Crippen molar-refractivity contribution < 1.29 is 57.0 Å². The van der Waals surface area contributed by atoms with E-state index in [-0.39, 0.29) is 25.6 Å². The molecule has 0 saturated heterocycles. The molecule has 0 aliphatic rings. The molecule has 0 fully saturated rings. The molecule has 0 aliphatic heterocycles. The Bertz CT molecular complexity index is 857. The molecule has 0 unspecified atom stereocenters. The van der Waals surface area contributed by atoms with E-state index >= 15 is 0 Å². The molecular weight excluding hydrogens is 554 g/mol. The third-order valence-corrected chi connectivity index (χ3v) is 4.82. The van der Waals surface area contributed by atoms with Crippen molar-refractivity contribution in [3.63, 3.8) is 0 Å². The van der Waals surface area contributed by atoms with Crippen LogP contribution in [0, 0.1) is 0 Å². The Morgan fingerprint density at radius 1 is 0.667 bits per heavy atom. The normalized spacial score (nSPS) is 11.2. The molecule has 13 heteroatoms. The highest BCUT2D eigenvalue weighted by Crippen LogP contribution is 2.13. The summed E-state index contributed by atoms with van der Waals surface area (Å²) in [6, 6.07) is 6.74. The van der Waals surface area contributed by atoms with Gasteiger partial charge in [0, 0.05) is 13.5 Å². The highest BCUT2D eigenvalue weighted by molar-refractivity contribution is 5.72. The standard InChI is InChI=1S/C29H47NO12/c1-24(31)40-23-25-5-7-26(8-6-25)41-27(32)9-11-34-13-15-36-17-19-38-21-22-39-20-18-37-16-14-35-12-10-30-28(33)42-29(2,3)4/h5-8H,9-23H2,1-4H3,(H,30,33). The first-order valence-corrected chi connectivity index (χ1v) is 14.0. The molecule has 240 valence electrons. The maximum atomic E-state index is 11.9. The molecule has 0 aliphatic carbocycles. The first kappa shape index (κ1) is 37.2. The van der Waals surface area contributed by atoms with Gasteiger partial charge in [-0.1, -0.05) is 12.1 Å². The lowest BCUT2D eigenvalue weighted by atomic mass is 10.2. The largest absolute Gasteiger partial charge is 0.461 e. The van der Waals surface area contributed by atoms with Gasteiger partial charge in [0.1, 0.15) is 18.0 Å². The van der Waals surface area contributed by atoms with Crippen molar-refractivity contribution in [3.8, 4) is 5.75 Å². The van der Waals surface area contributed by atoms with Crippen LogP contribution in [0.5, 0.6) is 5.75 Å². The van der Waals surface area contributed by atoms with E-state index in [0.29, 0.717) is 85.0 Å². The minimum Gasteiger partial charge on any atom is -0.461 e. The summed E-state index contributed by atoms with van der Waals surface area (Å²) in [5, 5.41) is 2.62. The fourth-order valence-electron chi connectivity index (χ4n) is 2.92. The number of amides is 1. The average molecular weight is 602 g/mol. The maximum Gasteiger partial charge on any atom is 0.407 e. The molecule has 0 bridgehead atoms. The number of carbonyl (C=O) groups is 3. The number of carbonyl (C=O) groups excluding carboxylic acids is 3. The van der Waals surface area contributed by atoms with Crippen molar-refractivity contribution in [3.05, 3.63) is 29.8 Å². The molecule has 1 N–H and O–H groups in total. The number of nitrogens with one attached hydrogen (secondary N) is 1. The third kappa shape index (κ3) is 23.9. The van der Waals surface area contributed by atoms with Crippen LogP contribution in [0.1, 0.15) is 39.7 Å². The Kier molecular flexibility index (Phi) is 21.0. The summed E-state index contributed by atoms with van der Waals surface area (Å²) in [6.45, 7) is 12.2. The number of hydrogen-bond acceptors (Lipinski definition) is 12. The summed E-state index contributed by atoms with van der Waals surface area (Å²) in [6.07, 6.45) is -0.345. The van der Waals surface area contributed by atoms with Crippen LogP contribution in [0.4, 0.5) is 4.79 Å². The fraction of sp³-hybridized carbons (Fsp3) is 0.690. The first-order chi connectivity index (χ1) is 20.2. The van der Waals surface area contributed by atoms with Crippen molar-refractivity contribution in [1.29, 1.82) is 0 Å². The molecule has 0 saturated carbocycles. The molecule has 0 atom stereocenters. The van der Waals surface area contributed by atoms with Crippen LogP contribution >= 0.6 is 0 Å². The Morgan fingerprint density at radius 3 is 1.57 bits per heavy atom. The minimum atomic E-state index is -0.520. The van der Waals surface area contributed by atoms with E-state index in [2.05, 4.69) is 5.32 Å². The second kappa shape index (κ2) is 23.7. The number of ether oxygens (including phenoxy) is 9. The Balaban J connectivity index is 1.79. The van der Waals surface area contributed by atoms with Crippen LogP contribution in [0.15, 0.2) is 24.3 Å². The van der Waals surface area contributed by atoms with Gasteiger partial charge in [-0.25, -0.2) is 4.79 Å². The Labute approximate surface area is 248 Å². The van der Waals surface area contributed by atoms with Crippen LogP contribution in [0.25, 0.3) is 0 Å². The van der Waals surface area contributed by atoms with Gasteiger partial charge in [-0.3, -0.25) is 9.59 Å². The molecule has 42 heavy (non-hydrogen) atoms. The molecular formula is C29H47NO12. The van der Waals surface area contributed by atoms with E-state index in [1.807, 2.05) is 0 Å². The molecule has 0 heterocycles. The predicted octanol–water partition coefficient (Wildman–Crippen LogP) is 2.67. The number of benzene rings is 1. The summed E-state index contributed by atoms with van der Waals surface area (Å²) in [5.74, 6) is -0.340. The molecule has 1 aromatic carbocycles. The van der Waals surface area contributed by atoms with Gasteiger partial charge in [0.15, 0.2) is 0 Å². The minimum absolute atomic E-state index is 0.117. The highest BCUT2D eigenvalue weighted by atomic mass is 16.6. The van der Waals surface area contributed by atoms with Gasteiger partial charge in [0.25, 0.3) is 0 Å². The van der Waals surface area contributed by atoms with E-state index in [1.54, 1.807) is 45.0 Å². The van der Waals surface area contributed by atoms with E-state index in [1.165, 1.54) is 6.92 Å². The Hall–Kier alpha value is -2.81. The van der Waals surface area contributed by atoms with E-state index in [0.717, 1.165) is 5.56 Å². The van der Waals surface area contributed by atoms with Crippen molar-refractivity contribution in [1.82, 2.24) is 5.32 Å². The van der Waals surface area contributed by atoms with E-state index < -0.39 is 17.7 Å². The van der Waals surface area contributed by atoms with Crippen molar-refractivity contribution in [2.45, 2.75) is 46.3 Å². The van der Waals surface area contributed by atoms with Crippen molar-refractivity contribution in [2.24, 2.45) is 0 Å². The molecule has 0 spiro atoms. The molecule has 1 rings (SSSR count). The zero-order valence-corrected chi connectivity index (χ0v) is 25.3. The molecule has 0 radical (unpaired) electrons. The molecule has 13 nitrogen and oxygen atoms in total. The topological polar surface area (TPSA) is 146 Å². The monoisotopic (exact) mass is 601 g/mol. The van der Waals surface area contributed by atoms with Gasteiger partial charge in [-0.15, -0.1) is 0 Å². The fourth-order valence-corrected chi connectivity index (χ4v) is 2.92. The molecule has 0 aromatic heterocycles. The Morgan fingerprint density at radius 2 is 1.12 bits per heavy atom. The summed E-state index contributed by atoms with van der Waals surface area (Å²) >= 11 is 0. The highest BCUT2D eigenvalue weighted by Gasteiger charge is 2.15. The smallest absolute Gasteiger partial charge is 0.407 e. The van der Waals surface area contributed by atoms with Crippen molar-refractivity contribution in [2.75, 3.05) is 85.8 Å². The van der Waals surface area contributed by atoms with Gasteiger partial charge in [-0.05, 0) is 38.5 Å². The van der Waals surface area contributed by atoms with Gasteiger partial charge in [0.05, 0.1) is 85.7 Å². The van der Waals surface area contributed by atoms with Crippen LogP contribution in [0.3, 0.4) is 0 Å². The van der Waals surface area contributed by atoms with Gasteiger partial charge >= 0.3 is 18.0 Å². The van der Waals surface area contributed by atoms with E-state index in [9.17, 15) is 14.4 Å². The zero-order valence-electron chi connectivity index (χ0n) is 25.3. The lowest BCUT2D eigenvalue weighted by Crippen LogP contribution is -2.34. The average Bonchev–Trinajstić information content (AvgIpc) is 2.92. The predicted molar refractivity (Wildman–Crippen MR) is 151 cm³/mol. The number of rotatable bonds is 24. The van der Waals surface area contributed by atoms with Crippen LogP contribution in [-0.4, -0.2) is 109 Å². The van der Waals surface area contributed by atoms with E-state index in [4.69, 9.17) is 42.6 Å². The van der Waals surface area contributed by atoms with Gasteiger partial charge in [-0.2, -0.15) is 0 Å². The lowest BCUT2D eigenvalue weighted by molar-refractivity contribution is -0.142. The summed E-state index contributed by atoms with van der Waals surface area (Å²) in [4.78, 5) is 34.2. The summed E-state index contributed by atoms with van der Waals surface area (Å²) in [5.41, 5.74) is 0.283. The second-order valence-corrected chi connectivity index (χ2v) is 9.75. The van der Waals surface area contributed by atoms with Crippen molar-refractivity contribution >= 4 is 18.0 Å². The molecule has 1 amide bonds. The first-order valence-electron chi connectivity index (χ1n) is 14.0. The van der Waals surface area contributed by atoms with Crippen LogP contribution < -0.4 is 10.1 Å². The van der Waals surface area contributed by atoms with Gasteiger partial charge < -0.3 is 47.9 Å². The molecule has 1 aromatic rings.